The summed E-state index contributed by atoms with van der Waals surface area (Å²) in [4.78, 5) is 0. The molecule has 0 aliphatic rings. The van der Waals surface area contributed by atoms with Crippen LogP contribution in [-0.2, 0) is 18.3 Å². The quantitative estimate of drug-likeness (QED) is 0.322. The van der Waals surface area contributed by atoms with Crippen LogP contribution in [0.25, 0.3) is 5.69 Å². The number of aromatic nitrogens is 3. The minimum absolute atomic E-state index is 0.144. The van der Waals surface area contributed by atoms with Gasteiger partial charge in [-0.15, -0.1) is 10.2 Å². The monoisotopic (exact) mass is 439 g/mol. The third-order valence-electron chi connectivity index (χ3n) is 4.88. The molecule has 0 radical (unpaired) electrons. The zero-order valence-electron chi connectivity index (χ0n) is 16.8. The van der Waals surface area contributed by atoms with Crippen molar-refractivity contribution in [1.82, 2.24) is 14.8 Å². The third-order valence-corrected chi connectivity index (χ3v) is 5.85. The molecule has 158 valence electrons. The predicted molar refractivity (Wildman–Crippen MR) is 116 cm³/mol. The Balaban J connectivity index is 1.67. The van der Waals surface area contributed by atoms with E-state index in [2.05, 4.69) is 10.2 Å². The van der Waals surface area contributed by atoms with E-state index in [0.717, 1.165) is 28.7 Å². The molecule has 0 atom stereocenters. The van der Waals surface area contributed by atoms with Gasteiger partial charge in [-0.05, 0) is 36.2 Å². The lowest BCUT2D eigenvalue weighted by Crippen LogP contribution is -2.08. The second kappa shape index (κ2) is 8.98. The molecule has 1 heterocycles. The minimum Gasteiger partial charge on any atom is -0.274 e. The van der Waals surface area contributed by atoms with E-state index in [0.29, 0.717) is 11.6 Å². The van der Waals surface area contributed by atoms with Crippen LogP contribution in [0.1, 0.15) is 28.1 Å². The van der Waals surface area contributed by atoms with E-state index >= 15 is 0 Å². The smallest absolute Gasteiger partial charge is 0.274 e. The van der Waals surface area contributed by atoms with Crippen molar-refractivity contribution in [3.63, 3.8) is 0 Å². The van der Waals surface area contributed by atoms with Crippen LogP contribution < -0.4 is 0 Å². The van der Waals surface area contributed by atoms with E-state index in [9.17, 15) is 13.2 Å². The van der Waals surface area contributed by atoms with Crippen molar-refractivity contribution in [2.45, 2.75) is 30.4 Å². The first-order valence-electron chi connectivity index (χ1n) is 9.75. The molecule has 0 amide bonds. The molecule has 4 rings (SSSR count). The van der Waals surface area contributed by atoms with Gasteiger partial charge in [0.25, 0.3) is 0 Å². The Morgan fingerprint density at radius 3 is 2.23 bits per heavy atom. The van der Waals surface area contributed by atoms with Crippen molar-refractivity contribution >= 4 is 11.8 Å². The van der Waals surface area contributed by atoms with Gasteiger partial charge in [0, 0.05) is 17.9 Å². The van der Waals surface area contributed by atoms with Gasteiger partial charge in [0.15, 0.2) is 5.16 Å². The van der Waals surface area contributed by atoms with Gasteiger partial charge in [0.05, 0.1) is 5.56 Å². The molecular weight excluding hydrogens is 419 g/mol. The average Bonchev–Trinajstić information content (AvgIpc) is 3.15. The summed E-state index contributed by atoms with van der Waals surface area (Å²) in [6, 6.07) is 23.5. The lowest BCUT2D eigenvalue weighted by molar-refractivity contribution is -0.138. The minimum atomic E-state index is -4.39. The number of hydrogen-bond donors (Lipinski definition) is 0. The van der Waals surface area contributed by atoms with Gasteiger partial charge >= 0.3 is 6.18 Å². The topological polar surface area (TPSA) is 30.7 Å². The summed E-state index contributed by atoms with van der Waals surface area (Å²) in [5.41, 5.74) is 2.70. The van der Waals surface area contributed by atoms with Gasteiger partial charge in [-0.3, -0.25) is 4.57 Å². The molecule has 4 aromatic rings. The summed E-state index contributed by atoms with van der Waals surface area (Å²) in [5.74, 6) is 0.882. The molecule has 1 aromatic heterocycles. The standard InChI is InChI=1S/C24H20F3N3S/c1-17-11-13-20(14-12-17)30-22(15-18-7-3-2-4-8-18)28-29-23(30)31-16-19-9-5-6-10-21(19)24(25,26)27/h2-14H,15-16H2,1H3. The van der Waals surface area contributed by atoms with Crippen LogP contribution in [0.2, 0.25) is 0 Å². The molecular formula is C24H20F3N3S. The Morgan fingerprint density at radius 2 is 1.52 bits per heavy atom. The second-order valence-corrected chi connectivity index (χ2v) is 8.12. The van der Waals surface area contributed by atoms with Crippen molar-refractivity contribution in [2.24, 2.45) is 0 Å². The Hall–Kier alpha value is -3.06. The van der Waals surface area contributed by atoms with Gasteiger partial charge < -0.3 is 0 Å². The summed E-state index contributed by atoms with van der Waals surface area (Å²) >= 11 is 1.25. The van der Waals surface area contributed by atoms with Crippen LogP contribution >= 0.6 is 11.8 Å². The highest BCUT2D eigenvalue weighted by Gasteiger charge is 2.33. The van der Waals surface area contributed by atoms with E-state index in [1.165, 1.54) is 23.9 Å². The maximum absolute atomic E-state index is 13.4. The molecule has 0 spiro atoms. The van der Waals surface area contributed by atoms with Crippen LogP contribution in [0.4, 0.5) is 13.2 Å². The summed E-state index contributed by atoms with van der Waals surface area (Å²) in [6.07, 6.45) is -3.82. The van der Waals surface area contributed by atoms with Gasteiger partial charge in [-0.1, -0.05) is 78.0 Å². The van der Waals surface area contributed by atoms with Gasteiger partial charge in [0.2, 0.25) is 0 Å². The Kier molecular flexibility index (Phi) is 6.13. The van der Waals surface area contributed by atoms with Crippen molar-refractivity contribution in [3.05, 3.63) is 107 Å². The molecule has 3 aromatic carbocycles. The molecule has 7 heteroatoms. The highest BCUT2D eigenvalue weighted by molar-refractivity contribution is 7.98. The van der Waals surface area contributed by atoms with Crippen LogP contribution in [0.15, 0.2) is 84.0 Å². The molecule has 0 aliphatic carbocycles. The van der Waals surface area contributed by atoms with Crippen molar-refractivity contribution < 1.29 is 13.2 Å². The fourth-order valence-electron chi connectivity index (χ4n) is 3.30. The van der Waals surface area contributed by atoms with Crippen molar-refractivity contribution in [2.75, 3.05) is 0 Å². The van der Waals surface area contributed by atoms with Gasteiger partial charge in [0.1, 0.15) is 5.82 Å². The number of halogens is 3. The normalized spacial score (nSPS) is 11.6. The van der Waals surface area contributed by atoms with Crippen LogP contribution in [-0.4, -0.2) is 14.8 Å². The van der Waals surface area contributed by atoms with E-state index in [-0.39, 0.29) is 11.3 Å². The van der Waals surface area contributed by atoms with E-state index in [4.69, 9.17) is 0 Å². The van der Waals surface area contributed by atoms with Crippen LogP contribution in [0.5, 0.6) is 0 Å². The van der Waals surface area contributed by atoms with Gasteiger partial charge in [-0.25, -0.2) is 0 Å². The maximum atomic E-state index is 13.4. The number of benzene rings is 3. The SMILES string of the molecule is Cc1ccc(-n2c(Cc3ccccc3)nnc2SCc2ccccc2C(F)(F)F)cc1. The fraction of sp³-hybridized carbons (Fsp3) is 0.167. The lowest BCUT2D eigenvalue weighted by atomic mass is 10.1. The number of hydrogen-bond acceptors (Lipinski definition) is 3. The molecule has 0 fully saturated rings. The lowest BCUT2D eigenvalue weighted by Gasteiger charge is -2.13. The molecule has 0 aliphatic heterocycles. The van der Waals surface area contributed by atoms with Gasteiger partial charge in [-0.2, -0.15) is 13.2 Å². The number of alkyl halides is 3. The maximum Gasteiger partial charge on any atom is 0.416 e. The number of thioether (sulfide) groups is 1. The van der Waals surface area contributed by atoms with E-state index in [1.807, 2.05) is 66.1 Å². The molecule has 0 saturated carbocycles. The zero-order chi connectivity index (χ0) is 21.8. The van der Waals surface area contributed by atoms with Crippen LogP contribution in [0, 0.1) is 6.92 Å². The van der Waals surface area contributed by atoms with E-state index < -0.39 is 11.7 Å². The Labute approximate surface area is 183 Å². The number of aryl methyl sites for hydroxylation is 1. The van der Waals surface area contributed by atoms with Crippen molar-refractivity contribution in [3.8, 4) is 5.69 Å². The van der Waals surface area contributed by atoms with Crippen LogP contribution in [0.3, 0.4) is 0 Å². The fourth-order valence-corrected chi connectivity index (χ4v) is 4.28. The first-order chi connectivity index (χ1) is 14.9. The largest absolute Gasteiger partial charge is 0.416 e. The molecule has 31 heavy (non-hydrogen) atoms. The number of rotatable bonds is 6. The van der Waals surface area contributed by atoms with E-state index in [1.54, 1.807) is 6.07 Å². The first-order valence-corrected chi connectivity index (χ1v) is 10.7. The summed E-state index contributed by atoms with van der Waals surface area (Å²) < 4.78 is 42.0. The average molecular weight is 440 g/mol. The highest BCUT2D eigenvalue weighted by atomic mass is 32.2. The molecule has 3 nitrogen and oxygen atoms in total. The molecule has 0 N–H and O–H groups in total. The first kappa shape index (κ1) is 21.2. The summed E-state index contributed by atoms with van der Waals surface area (Å²) in [7, 11) is 0. The molecule has 0 bridgehead atoms. The Bertz CT molecular complexity index is 1150. The third kappa shape index (κ3) is 4.99. The predicted octanol–water partition coefficient (Wildman–Crippen LogP) is 6.48. The summed E-state index contributed by atoms with van der Waals surface area (Å²) in [6.45, 7) is 2.00. The second-order valence-electron chi connectivity index (χ2n) is 7.18. The zero-order valence-corrected chi connectivity index (χ0v) is 17.6. The highest BCUT2D eigenvalue weighted by Crippen LogP contribution is 2.35. The molecule has 0 saturated heterocycles. The summed E-state index contributed by atoms with van der Waals surface area (Å²) in [5, 5.41) is 9.24. The number of nitrogens with zero attached hydrogens (tertiary/aromatic N) is 3. The Morgan fingerprint density at radius 1 is 0.839 bits per heavy atom. The van der Waals surface area contributed by atoms with Crippen molar-refractivity contribution in [1.29, 1.82) is 0 Å². The molecule has 0 unspecified atom stereocenters.